The van der Waals surface area contributed by atoms with E-state index < -0.39 is 0 Å². The molecule has 0 bridgehead atoms. The smallest absolute Gasteiger partial charge is 0.254 e. The van der Waals surface area contributed by atoms with Gasteiger partial charge in [0.1, 0.15) is 11.8 Å². The Balaban J connectivity index is 1.35. The van der Waals surface area contributed by atoms with E-state index in [1.54, 1.807) is 24.1 Å². The minimum atomic E-state index is -0.330. The van der Waals surface area contributed by atoms with Crippen LogP contribution < -0.4 is 29.8 Å². The molecule has 35 heavy (non-hydrogen) atoms. The summed E-state index contributed by atoms with van der Waals surface area (Å²) in [6, 6.07) is 10.8. The van der Waals surface area contributed by atoms with Crippen molar-refractivity contribution in [1.29, 1.82) is 0 Å². The highest BCUT2D eigenvalue weighted by Crippen LogP contribution is 2.38. The van der Waals surface area contributed by atoms with Gasteiger partial charge in [0.2, 0.25) is 11.7 Å². The number of hydrogen-bond donors (Lipinski definition) is 2. The van der Waals surface area contributed by atoms with Crippen LogP contribution in [0.25, 0.3) is 0 Å². The van der Waals surface area contributed by atoms with Crippen LogP contribution in [0.4, 0.5) is 0 Å². The van der Waals surface area contributed by atoms with E-state index in [0.29, 0.717) is 55.4 Å². The lowest BCUT2D eigenvalue weighted by Crippen LogP contribution is -2.54. The molecular weight excluding hydrogens is 452 g/mol. The minimum Gasteiger partial charge on any atom is -0.497 e. The zero-order chi connectivity index (χ0) is 24.9. The van der Waals surface area contributed by atoms with E-state index in [-0.39, 0.29) is 23.9 Å². The summed E-state index contributed by atoms with van der Waals surface area (Å²) in [5.74, 6) is 1.96. The fourth-order valence-electron chi connectivity index (χ4n) is 4.53. The van der Waals surface area contributed by atoms with E-state index in [1.165, 1.54) is 21.3 Å². The number of amides is 2. The summed E-state index contributed by atoms with van der Waals surface area (Å²) in [4.78, 5) is 29.8. The highest BCUT2D eigenvalue weighted by Gasteiger charge is 2.35. The Kier molecular flexibility index (Phi) is 7.62. The predicted molar refractivity (Wildman–Crippen MR) is 129 cm³/mol. The molecule has 0 aliphatic carbocycles. The molecular formula is C25H32N4O6. The zero-order valence-corrected chi connectivity index (χ0v) is 20.5. The zero-order valence-electron chi connectivity index (χ0n) is 20.5. The van der Waals surface area contributed by atoms with Crippen molar-refractivity contribution in [2.24, 2.45) is 0 Å². The number of benzene rings is 2. The third-order valence-corrected chi connectivity index (χ3v) is 6.49. The normalized spacial score (nSPS) is 19.9. The molecule has 2 N–H and O–H groups in total. The fourth-order valence-corrected chi connectivity index (χ4v) is 4.53. The van der Waals surface area contributed by atoms with E-state index >= 15 is 0 Å². The van der Waals surface area contributed by atoms with Crippen LogP contribution in [0, 0.1) is 0 Å². The lowest BCUT2D eigenvalue weighted by Gasteiger charge is -2.36. The first-order chi connectivity index (χ1) is 17.0. The van der Waals surface area contributed by atoms with E-state index in [9.17, 15) is 9.59 Å². The van der Waals surface area contributed by atoms with E-state index in [1.807, 2.05) is 29.2 Å². The Labute approximate surface area is 205 Å². The first-order valence-corrected chi connectivity index (χ1v) is 11.5. The monoisotopic (exact) mass is 484 g/mol. The van der Waals surface area contributed by atoms with Crippen LogP contribution in [-0.2, 0) is 4.79 Å². The standard InChI is InChI=1S/C25H32N4O6/c1-32-18-7-5-6-16(12-18)19-15-20(27-26-19)25(31)29-10-8-28(9-11-29)24(30)17-13-21(33-2)23(35-4)22(14-17)34-3/h5-7,12-14,19-20,26-27H,8-11,15H2,1-4H3. The molecule has 2 aromatic carbocycles. The summed E-state index contributed by atoms with van der Waals surface area (Å²) in [5.41, 5.74) is 7.86. The molecule has 2 amide bonds. The van der Waals surface area contributed by atoms with Gasteiger partial charge >= 0.3 is 0 Å². The number of rotatable bonds is 7. The van der Waals surface area contributed by atoms with Crippen LogP contribution in [0.5, 0.6) is 23.0 Å². The number of ether oxygens (including phenoxy) is 4. The number of nitrogens with one attached hydrogen (secondary N) is 2. The molecule has 0 radical (unpaired) electrons. The molecule has 10 heteroatoms. The molecule has 0 saturated carbocycles. The van der Waals surface area contributed by atoms with Gasteiger partial charge in [-0.05, 0) is 36.2 Å². The number of methoxy groups -OCH3 is 4. The number of piperazine rings is 1. The van der Waals surface area contributed by atoms with Crippen molar-refractivity contribution in [3.8, 4) is 23.0 Å². The van der Waals surface area contributed by atoms with Crippen molar-refractivity contribution in [1.82, 2.24) is 20.7 Å². The topological polar surface area (TPSA) is 102 Å². The molecule has 0 aromatic heterocycles. The largest absolute Gasteiger partial charge is 0.497 e. The summed E-state index contributed by atoms with van der Waals surface area (Å²) in [5, 5.41) is 0. The average Bonchev–Trinajstić information content (AvgIpc) is 3.42. The molecule has 2 atom stereocenters. The van der Waals surface area contributed by atoms with Gasteiger partial charge < -0.3 is 28.7 Å². The Morgan fingerprint density at radius 2 is 1.49 bits per heavy atom. The van der Waals surface area contributed by atoms with Crippen molar-refractivity contribution in [2.45, 2.75) is 18.5 Å². The highest BCUT2D eigenvalue weighted by molar-refractivity contribution is 5.96. The highest BCUT2D eigenvalue weighted by atomic mass is 16.5. The molecule has 2 aliphatic rings. The molecule has 2 aliphatic heterocycles. The summed E-state index contributed by atoms with van der Waals surface area (Å²) < 4.78 is 21.4. The van der Waals surface area contributed by atoms with Gasteiger partial charge in [-0.1, -0.05) is 12.1 Å². The Hall–Kier alpha value is -3.50. The maximum atomic E-state index is 13.2. The lowest BCUT2D eigenvalue weighted by atomic mass is 10.0. The molecule has 0 spiro atoms. The van der Waals surface area contributed by atoms with E-state index in [4.69, 9.17) is 18.9 Å². The van der Waals surface area contributed by atoms with Crippen molar-refractivity contribution in [3.63, 3.8) is 0 Å². The van der Waals surface area contributed by atoms with Gasteiger partial charge in [0, 0.05) is 37.8 Å². The Morgan fingerprint density at radius 1 is 0.829 bits per heavy atom. The van der Waals surface area contributed by atoms with Crippen LogP contribution in [0.2, 0.25) is 0 Å². The van der Waals surface area contributed by atoms with Gasteiger partial charge in [-0.3, -0.25) is 9.59 Å². The third-order valence-electron chi connectivity index (χ3n) is 6.49. The van der Waals surface area contributed by atoms with E-state index in [2.05, 4.69) is 10.9 Å². The van der Waals surface area contributed by atoms with Gasteiger partial charge in [0.15, 0.2) is 11.5 Å². The summed E-state index contributed by atoms with van der Waals surface area (Å²) in [6.45, 7) is 1.83. The van der Waals surface area contributed by atoms with Crippen LogP contribution in [-0.4, -0.2) is 82.3 Å². The van der Waals surface area contributed by atoms with Crippen LogP contribution in [0.15, 0.2) is 36.4 Å². The maximum absolute atomic E-state index is 13.2. The second kappa shape index (κ2) is 10.8. The van der Waals surface area contributed by atoms with Crippen molar-refractivity contribution >= 4 is 11.8 Å². The van der Waals surface area contributed by atoms with Crippen molar-refractivity contribution in [3.05, 3.63) is 47.5 Å². The molecule has 188 valence electrons. The van der Waals surface area contributed by atoms with Gasteiger partial charge in [-0.15, -0.1) is 0 Å². The van der Waals surface area contributed by atoms with Gasteiger partial charge in [-0.2, -0.15) is 0 Å². The number of nitrogens with zero attached hydrogens (tertiary/aromatic N) is 2. The van der Waals surface area contributed by atoms with Crippen molar-refractivity contribution in [2.75, 3.05) is 54.6 Å². The maximum Gasteiger partial charge on any atom is 0.254 e. The average molecular weight is 485 g/mol. The summed E-state index contributed by atoms with van der Waals surface area (Å²) in [6.07, 6.45) is 0.635. The van der Waals surface area contributed by atoms with Gasteiger partial charge in [0.05, 0.1) is 28.4 Å². The fraction of sp³-hybridized carbons (Fsp3) is 0.440. The third kappa shape index (κ3) is 5.13. The SMILES string of the molecule is COc1cccc(C2CC(C(=O)N3CCN(C(=O)c4cc(OC)c(OC)c(OC)c4)CC3)NN2)c1. The van der Waals surface area contributed by atoms with Crippen LogP contribution in [0.1, 0.15) is 28.4 Å². The van der Waals surface area contributed by atoms with Crippen LogP contribution >= 0.6 is 0 Å². The first kappa shape index (κ1) is 24.6. The number of carbonyl (C=O) groups is 2. The molecule has 2 heterocycles. The van der Waals surface area contributed by atoms with Crippen molar-refractivity contribution < 1.29 is 28.5 Å². The number of hydrazine groups is 1. The molecule has 2 aromatic rings. The molecule has 2 unspecified atom stereocenters. The van der Waals surface area contributed by atoms with Crippen LogP contribution in [0.3, 0.4) is 0 Å². The predicted octanol–water partition coefficient (Wildman–Crippen LogP) is 1.61. The van der Waals surface area contributed by atoms with Gasteiger partial charge in [-0.25, -0.2) is 10.9 Å². The quantitative estimate of drug-likeness (QED) is 0.612. The summed E-state index contributed by atoms with van der Waals surface area (Å²) >= 11 is 0. The lowest BCUT2D eigenvalue weighted by molar-refractivity contribution is -0.134. The number of hydrogen-bond acceptors (Lipinski definition) is 8. The first-order valence-electron chi connectivity index (χ1n) is 11.5. The molecule has 10 nitrogen and oxygen atoms in total. The van der Waals surface area contributed by atoms with E-state index in [0.717, 1.165) is 11.3 Å². The number of carbonyl (C=O) groups excluding carboxylic acids is 2. The second-order valence-electron chi connectivity index (χ2n) is 8.44. The minimum absolute atomic E-state index is 0.0157. The Bertz CT molecular complexity index is 1040. The molecule has 2 saturated heterocycles. The molecule has 2 fully saturated rings. The Morgan fingerprint density at radius 3 is 2.09 bits per heavy atom. The van der Waals surface area contributed by atoms with Gasteiger partial charge in [0.25, 0.3) is 5.91 Å². The molecule has 4 rings (SSSR count). The summed E-state index contributed by atoms with van der Waals surface area (Å²) in [7, 11) is 6.19. The second-order valence-corrected chi connectivity index (χ2v) is 8.44.